The average Bonchev–Trinajstić information content (AvgIpc) is 2.70. The lowest BCUT2D eigenvalue weighted by atomic mass is 9.94. The molecule has 3 heterocycles. The van der Waals surface area contributed by atoms with Crippen LogP contribution in [0, 0.1) is 5.92 Å². The number of hydrogen-bond donors (Lipinski definition) is 0. The molecule has 4 heteroatoms. The van der Waals surface area contributed by atoms with Crippen molar-refractivity contribution >= 4 is 17.2 Å². The third-order valence-corrected chi connectivity index (χ3v) is 3.91. The minimum absolute atomic E-state index is 0.740. The molecular weight excluding hydrogens is 246 g/mol. The minimum atomic E-state index is 0.740. The number of halogens is 1. The standard InChI is InChI=1S/C14H18ClN3/c1-17-6-2-3-11(8-17)7-13-10-18-9-12(15)4-5-14(18)16-13/h4-5,9-11H,2-3,6-8H2,1H3. The monoisotopic (exact) mass is 263 g/mol. The molecule has 96 valence electrons. The summed E-state index contributed by atoms with van der Waals surface area (Å²) < 4.78 is 2.02. The zero-order valence-electron chi connectivity index (χ0n) is 10.6. The fourth-order valence-electron chi connectivity index (χ4n) is 2.85. The van der Waals surface area contributed by atoms with Gasteiger partial charge in [0.1, 0.15) is 5.65 Å². The Bertz CT molecular complexity index is 549. The van der Waals surface area contributed by atoms with Crippen molar-refractivity contribution in [3.63, 3.8) is 0 Å². The third-order valence-electron chi connectivity index (χ3n) is 3.68. The molecule has 1 atom stereocenters. The molecule has 0 spiro atoms. The van der Waals surface area contributed by atoms with Crippen molar-refractivity contribution in [1.82, 2.24) is 14.3 Å². The van der Waals surface area contributed by atoms with Gasteiger partial charge in [0.05, 0.1) is 10.7 Å². The van der Waals surface area contributed by atoms with Crippen molar-refractivity contribution < 1.29 is 0 Å². The summed E-state index contributed by atoms with van der Waals surface area (Å²) in [5.74, 6) is 0.740. The van der Waals surface area contributed by atoms with E-state index in [-0.39, 0.29) is 0 Å². The molecule has 0 bridgehead atoms. The Morgan fingerprint density at radius 2 is 2.28 bits per heavy atom. The fraction of sp³-hybridized carbons (Fsp3) is 0.500. The van der Waals surface area contributed by atoms with E-state index < -0.39 is 0 Å². The van der Waals surface area contributed by atoms with Crippen LogP contribution in [-0.4, -0.2) is 34.4 Å². The summed E-state index contributed by atoms with van der Waals surface area (Å²) in [6.45, 7) is 2.42. The van der Waals surface area contributed by atoms with Gasteiger partial charge in [0.15, 0.2) is 0 Å². The lowest BCUT2D eigenvalue weighted by Crippen LogP contribution is -2.33. The first-order valence-electron chi connectivity index (χ1n) is 6.52. The number of fused-ring (bicyclic) bond motifs is 1. The van der Waals surface area contributed by atoms with Crippen LogP contribution < -0.4 is 0 Å². The Labute approximate surface area is 112 Å². The van der Waals surface area contributed by atoms with Crippen LogP contribution in [0.2, 0.25) is 5.02 Å². The van der Waals surface area contributed by atoms with Crippen LogP contribution in [0.25, 0.3) is 5.65 Å². The normalized spacial score (nSPS) is 21.6. The van der Waals surface area contributed by atoms with Gasteiger partial charge in [-0.15, -0.1) is 0 Å². The quantitative estimate of drug-likeness (QED) is 0.831. The molecule has 1 fully saturated rings. The fourth-order valence-corrected chi connectivity index (χ4v) is 3.02. The molecule has 0 radical (unpaired) electrons. The van der Waals surface area contributed by atoms with Gasteiger partial charge < -0.3 is 9.30 Å². The van der Waals surface area contributed by atoms with Crippen molar-refractivity contribution in [1.29, 1.82) is 0 Å². The van der Waals surface area contributed by atoms with Gasteiger partial charge in [-0.2, -0.15) is 0 Å². The van der Waals surface area contributed by atoms with Crippen LogP contribution >= 0.6 is 11.6 Å². The molecule has 0 N–H and O–H groups in total. The molecule has 2 aromatic heterocycles. The van der Waals surface area contributed by atoms with E-state index in [1.165, 1.54) is 31.6 Å². The van der Waals surface area contributed by atoms with Gasteiger partial charge in [-0.3, -0.25) is 0 Å². The molecule has 1 unspecified atom stereocenters. The average molecular weight is 264 g/mol. The highest BCUT2D eigenvalue weighted by molar-refractivity contribution is 6.30. The second-order valence-corrected chi connectivity index (χ2v) is 5.76. The summed E-state index contributed by atoms with van der Waals surface area (Å²) in [6.07, 6.45) is 7.72. The summed E-state index contributed by atoms with van der Waals surface area (Å²) >= 11 is 5.98. The molecule has 1 aliphatic rings. The van der Waals surface area contributed by atoms with Crippen LogP contribution in [0.4, 0.5) is 0 Å². The van der Waals surface area contributed by atoms with Crippen molar-refractivity contribution in [2.45, 2.75) is 19.3 Å². The van der Waals surface area contributed by atoms with Gasteiger partial charge in [0.25, 0.3) is 0 Å². The Balaban J connectivity index is 1.78. The van der Waals surface area contributed by atoms with Gasteiger partial charge in [0.2, 0.25) is 0 Å². The van der Waals surface area contributed by atoms with Crippen LogP contribution in [0.15, 0.2) is 24.5 Å². The van der Waals surface area contributed by atoms with E-state index in [4.69, 9.17) is 11.6 Å². The molecule has 1 saturated heterocycles. The maximum atomic E-state index is 5.98. The van der Waals surface area contributed by atoms with Crippen molar-refractivity contribution in [2.24, 2.45) is 5.92 Å². The Hall–Kier alpha value is -1.06. The van der Waals surface area contributed by atoms with E-state index in [2.05, 4.69) is 23.1 Å². The number of rotatable bonds is 2. The number of aromatic nitrogens is 2. The highest BCUT2D eigenvalue weighted by atomic mass is 35.5. The van der Waals surface area contributed by atoms with E-state index in [0.29, 0.717) is 0 Å². The van der Waals surface area contributed by atoms with Crippen molar-refractivity contribution in [3.8, 4) is 0 Å². The first kappa shape index (κ1) is 12.0. The number of nitrogens with zero attached hydrogens (tertiary/aromatic N) is 3. The topological polar surface area (TPSA) is 20.5 Å². The lowest BCUT2D eigenvalue weighted by Gasteiger charge is -2.29. The first-order chi connectivity index (χ1) is 8.70. The zero-order chi connectivity index (χ0) is 12.5. The molecule has 2 aromatic rings. The van der Waals surface area contributed by atoms with E-state index in [1.807, 2.05) is 22.7 Å². The number of hydrogen-bond acceptors (Lipinski definition) is 2. The smallest absolute Gasteiger partial charge is 0.137 e. The van der Waals surface area contributed by atoms with Crippen molar-refractivity contribution in [3.05, 3.63) is 35.2 Å². The summed E-state index contributed by atoms with van der Waals surface area (Å²) in [6, 6.07) is 3.86. The van der Waals surface area contributed by atoms with Crippen LogP contribution in [0.3, 0.4) is 0 Å². The molecule has 0 amide bonds. The number of piperidine rings is 1. The number of likely N-dealkylation sites (tertiary alicyclic amines) is 1. The summed E-state index contributed by atoms with van der Waals surface area (Å²) in [5.41, 5.74) is 2.16. The van der Waals surface area contributed by atoms with Crippen LogP contribution in [-0.2, 0) is 6.42 Å². The first-order valence-corrected chi connectivity index (χ1v) is 6.90. The zero-order valence-corrected chi connectivity index (χ0v) is 11.4. The summed E-state index contributed by atoms with van der Waals surface area (Å²) in [5, 5.41) is 0.754. The van der Waals surface area contributed by atoms with Gasteiger partial charge >= 0.3 is 0 Å². The molecule has 1 aliphatic heterocycles. The number of imidazole rings is 1. The third kappa shape index (κ3) is 2.52. The SMILES string of the molecule is CN1CCCC(Cc2cn3cc(Cl)ccc3n2)C1. The molecule has 3 rings (SSSR count). The second kappa shape index (κ2) is 4.90. The predicted molar refractivity (Wildman–Crippen MR) is 74.1 cm³/mol. The molecular formula is C14H18ClN3. The second-order valence-electron chi connectivity index (χ2n) is 5.32. The summed E-state index contributed by atoms with van der Waals surface area (Å²) in [4.78, 5) is 7.08. The van der Waals surface area contributed by atoms with Crippen LogP contribution in [0.1, 0.15) is 18.5 Å². The molecule has 18 heavy (non-hydrogen) atoms. The Morgan fingerprint density at radius 3 is 3.11 bits per heavy atom. The molecule has 3 nitrogen and oxygen atoms in total. The van der Waals surface area contributed by atoms with Gasteiger partial charge in [-0.05, 0) is 50.9 Å². The van der Waals surface area contributed by atoms with Gasteiger partial charge in [-0.1, -0.05) is 11.6 Å². The van der Waals surface area contributed by atoms with E-state index in [0.717, 1.165) is 23.0 Å². The van der Waals surface area contributed by atoms with Gasteiger partial charge in [0, 0.05) is 18.9 Å². The number of pyridine rings is 1. The molecule has 0 saturated carbocycles. The summed E-state index contributed by atoms with van der Waals surface area (Å²) in [7, 11) is 2.20. The maximum Gasteiger partial charge on any atom is 0.137 e. The van der Waals surface area contributed by atoms with E-state index in [9.17, 15) is 0 Å². The maximum absolute atomic E-state index is 5.98. The predicted octanol–water partition coefficient (Wildman–Crippen LogP) is 2.87. The van der Waals surface area contributed by atoms with Gasteiger partial charge in [-0.25, -0.2) is 4.98 Å². The van der Waals surface area contributed by atoms with Crippen LogP contribution in [0.5, 0.6) is 0 Å². The largest absolute Gasteiger partial charge is 0.306 e. The Morgan fingerprint density at radius 1 is 1.39 bits per heavy atom. The molecule has 0 aliphatic carbocycles. The lowest BCUT2D eigenvalue weighted by molar-refractivity contribution is 0.208. The highest BCUT2D eigenvalue weighted by Crippen LogP contribution is 2.20. The van der Waals surface area contributed by atoms with E-state index in [1.54, 1.807) is 0 Å². The molecule has 0 aromatic carbocycles. The van der Waals surface area contributed by atoms with Crippen molar-refractivity contribution in [2.75, 3.05) is 20.1 Å². The highest BCUT2D eigenvalue weighted by Gasteiger charge is 2.18. The Kier molecular flexibility index (Phi) is 3.27. The minimum Gasteiger partial charge on any atom is -0.306 e. The van der Waals surface area contributed by atoms with E-state index >= 15 is 0 Å².